The fraction of sp³-hybridized carbons (Fsp3) is 0.526. The summed E-state index contributed by atoms with van der Waals surface area (Å²) in [5, 5.41) is 11.8. The number of amides is 1. The summed E-state index contributed by atoms with van der Waals surface area (Å²) < 4.78 is 0. The lowest BCUT2D eigenvalue weighted by Gasteiger charge is -2.25. The number of benzene rings is 1. The number of carbonyl (C=O) groups is 3. The highest BCUT2D eigenvalue weighted by Crippen LogP contribution is 2.27. The molecule has 0 aromatic heterocycles. The summed E-state index contributed by atoms with van der Waals surface area (Å²) in [7, 11) is 0. The molecule has 5 nitrogen and oxygen atoms in total. The Labute approximate surface area is 143 Å². The van der Waals surface area contributed by atoms with E-state index in [0.29, 0.717) is 12.0 Å². The van der Waals surface area contributed by atoms with Crippen LogP contribution in [0.5, 0.6) is 0 Å². The molecule has 1 amide bonds. The molecule has 2 N–H and O–H groups in total. The summed E-state index contributed by atoms with van der Waals surface area (Å²) in [4.78, 5) is 35.7. The second kappa shape index (κ2) is 8.62. The second-order valence-corrected chi connectivity index (χ2v) is 7.39. The Bertz CT molecular complexity index is 578. The number of ketones is 1. The van der Waals surface area contributed by atoms with Gasteiger partial charge in [0.25, 0.3) is 0 Å². The Morgan fingerprint density at radius 1 is 1.08 bits per heavy atom. The number of rotatable bonds is 9. The van der Waals surface area contributed by atoms with Crippen molar-refractivity contribution in [2.75, 3.05) is 0 Å². The van der Waals surface area contributed by atoms with Crippen LogP contribution in [0.1, 0.15) is 57.3 Å². The summed E-state index contributed by atoms with van der Waals surface area (Å²) in [6.45, 7) is 7.49. The lowest BCUT2D eigenvalue weighted by molar-refractivity contribution is -0.142. The Hall–Kier alpha value is -2.17. The molecule has 0 aliphatic carbocycles. The van der Waals surface area contributed by atoms with Crippen molar-refractivity contribution in [1.82, 2.24) is 5.32 Å². The van der Waals surface area contributed by atoms with Crippen molar-refractivity contribution in [3.63, 3.8) is 0 Å². The molecule has 1 aromatic carbocycles. The Morgan fingerprint density at radius 3 is 2.17 bits per heavy atom. The topological polar surface area (TPSA) is 83.5 Å². The van der Waals surface area contributed by atoms with Gasteiger partial charge in [0.15, 0.2) is 5.78 Å². The monoisotopic (exact) mass is 333 g/mol. The molecule has 1 aromatic rings. The summed E-state index contributed by atoms with van der Waals surface area (Å²) in [6.07, 6.45) is 0.713. The van der Waals surface area contributed by atoms with E-state index in [1.54, 1.807) is 24.3 Å². The lowest BCUT2D eigenvalue weighted by Crippen LogP contribution is -2.43. The predicted octanol–water partition coefficient (Wildman–Crippen LogP) is 3.29. The number of hydrogen-bond acceptors (Lipinski definition) is 3. The fourth-order valence-electron chi connectivity index (χ4n) is 2.60. The molecule has 0 saturated carbocycles. The molecule has 1 atom stereocenters. The first-order valence-electron chi connectivity index (χ1n) is 8.21. The van der Waals surface area contributed by atoms with Crippen molar-refractivity contribution < 1.29 is 19.5 Å². The number of carbonyl (C=O) groups excluding carboxylic acids is 2. The van der Waals surface area contributed by atoms with Gasteiger partial charge in [0.1, 0.15) is 6.04 Å². The normalized spacial score (nSPS) is 12.7. The maximum atomic E-state index is 12.3. The largest absolute Gasteiger partial charge is 0.480 e. The first-order chi connectivity index (χ1) is 11.1. The van der Waals surface area contributed by atoms with Gasteiger partial charge in [0, 0.05) is 18.4 Å². The molecule has 0 aliphatic heterocycles. The molecule has 0 saturated heterocycles. The summed E-state index contributed by atoms with van der Waals surface area (Å²) in [5.41, 5.74) is 0.0759. The van der Waals surface area contributed by atoms with Crippen molar-refractivity contribution in [3.8, 4) is 0 Å². The van der Waals surface area contributed by atoms with Crippen LogP contribution in [-0.4, -0.2) is 28.8 Å². The highest BCUT2D eigenvalue weighted by Gasteiger charge is 2.28. The smallest absolute Gasteiger partial charge is 0.326 e. The number of hydrogen-bond donors (Lipinski definition) is 2. The van der Waals surface area contributed by atoms with Gasteiger partial charge >= 0.3 is 5.97 Å². The van der Waals surface area contributed by atoms with Crippen molar-refractivity contribution >= 4 is 17.7 Å². The molecule has 0 heterocycles. The number of aliphatic carboxylic acids is 1. The molecular weight excluding hydrogens is 306 g/mol. The molecule has 0 spiro atoms. The zero-order valence-electron chi connectivity index (χ0n) is 14.8. The van der Waals surface area contributed by atoms with Crippen LogP contribution in [0.2, 0.25) is 0 Å². The Balaban J connectivity index is 2.63. The molecule has 24 heavy (non-hydrogen) atoms. The van der Waals surface area contributed by atoms with E-state index < -0.39 is 17.4 Å². The van der Waals surface area contributed by atoms with Crippen molar-refractivity contribution in [1.29, 1.82) is 0 Å². The van der Waals surface area contributed by atoms with Gasteiger partial charge in [-0.05, 0) is 17.8 Å². The quantitative estimate of drug-likeness (QED) is 0.679. The minimum Gasteiger partial charge on any atom is -0.480 e. The van der Waals surface area contributed by atoms with E-state index in [1.165, 1.54) is 0 Å². The van der Waals surface area contributed by atoms with Crippen LogP contribution in [0.4, 0.5) is 0 Å². The average Bonchev–Trinajstić information content (AvgIpc) is 2.45. The Kier molecular flexibility index (Phi) is 7.14. The van der Waals surface area contributed by atoms with Crippen LogP contribution in [-0.2, 0) is 9.59 Å². The van der Waals surface area contributed by atoms with Crippen LogP contribution in [0, 0.1) is 11.3 Å². The third-order valence-electron chi connectivity index (χ3n) is 3.71. The van der Waals surface area contributed by atoms with Crippen molar-refractivity contribution in [2.45, 2.75) is 53.0 Å². The van der Waals surface area contributed by atoms with Crippen molar-refractivity contribution in [3.05, 3.63) is 35.9 Å². The zero-order chi connectivity index (χ0) is 18.3. The zero-order valence-corrected chi connectivity index (χ0v) is 14.8. The van der Waals surface area contributed by atoms with E-state index in [0.717, 1.165) is 0 Å². The minimum absolute atomic E-state index is 0.0228. The molecule has 1 unspecified atom stereocenters. The van der Waals surface area contributed by atoms with E-state index in [-0.39, 0.29) is 30.4 Å². The lowest BCUT2D eigenvalue weighted by atomic mass is 9.82. The number of Topliss-reactive ketones (excluding diaryl/α,β-unsaturated/α-hetero) is 1. The van der Waals surface area contributed by atoms with Gasteiger partial charge in [-0.15, -0.1) is 0 Å². The van der Waals surface area contributed by atoms with Crippen LogP contribution in [0.15, 0.2) is 30.3 Å². The summed E-state index contributed by atoms with van der Waals surface area (Å²) >= 11 is 0. The highest BCUT2D eigenvalue weighted by atomic mass is 16.4. The first-order valence-corrected chi connectivity index (χ1v) is 8.21. The van der Waals surface area contributed by atoms with Gasteiger partial charge in [-0.3, -0.25) is 9.59 Å². The van der Waals surface area contributed by atoms with Gasteiger partial charge < -0.3 is 10.4 Å². The first kappa shape index (κ1) is 19.9. The predicted molar refractivity (Wildman–Crippen MR) is 92.8 cm³/mol. The van der Waals surface area contributed by atoms with Crippen LogP contribution >= 0.6 is 0 Å². The second-order valence-electron chi connectivity index (χ2n) is 7.39. The van der Waals surface area contributed by atoms with Gasteiger partial charge in [-0.25, -0.2) is 4.79 Å². The van der Waals surface area contributed by atoms with E-state index in [9.17, 15) is 19.5 Å². The number of nitrogens with one attached hydrogen (secondary N) is 1. The number of carboxylic acids is 1. The molecule has 0 radical (unpaired) electrons. The van der Waals surface area contributed by atoms with E-state index in [2.05, 4.69) is 5.32 Å². The molecule has 1 rings (SSSR count). The Morgan fingerprint density at radius 2 is 1.67 bits per heavy atom. The van der Waals surface area contributed by atoms with E-state index >= 15 is 0 Å². The molecule has 0 fully saturated rings. The molecule has 132 valence electrons. The van der Waals surface area contributed by atoms with Crippen LogP contribution in [0.25, 0.3) is 0 Å². The van der Waals surface area contributed by atoms with E-state index in [1.807, 2.05) is 33.8 Å². The average molecular weight is 333 g/mol. The van der Waals surface area contributed by atoms with Crippen molar-refractivity contribution in [2.24, 2.45) is 11.3 Å². The molecule has 5 heteroatoms. The SMILES string of the molecule is CC(C)CC(NC(=O)CC(C)(C)CC(=O)c1ccccc1)C(=O)O. The van der Waals surface area contributed by atoms with Crippen LogP contribution < -0.4 is 5.32 Å². The molecule has 0 bridgehead atoms. The highest BCUT2D eigenvalue weighted by molar-refractivity contribution is 5.96. The van der Waals surface area contributed by atoms with Gasteiger partial charge in [0.2, 0.25) is 5.91 Å². The number of carboxylic acid groups (broad SMARTS) is 1. The maximum Gasteiger partial charge on any atom is 0.326 e. The van der Waals surface area contributed by atoms with Gasteiger partial charge in [-0.2, -0.15) is 0 Å². The molecular formula is C19H27NO4. The summed E-state index contributed by atoms with van der Waals surface area (Å²) in [5.74, 6) is -1.23. The van der Waals surface area contributed by atoms with Gasteiger partial charge in [-0.1, -0.05) is 58.0 Å². The van der Waals surface area contributed by atoms with Gasteiger partial charge in [0.05, 0.1) is 0 Å². The molecule has 0 aliphatic rings. The third-order valence-corrected chi connectivity index (χ3v) is 3.71. The minimum atomic E-state index is -1.03. The summed E-state index contributed by atoms with van der Waals surface area (Å²) in [6, 6.07) is 8.06. The maximum absolute atomic E-state index is 12.3. The third kappa shape index (κ3) is 6.94. The standard InChI is InChI=1S/C19H27NO4/c1-13(2)10-15(18(23)24)20-17(22)12-19(3,4)11-16(21)14-8-6-5-7-9-14/h5-9,13,15H,10-12H2,1-4H3,(H,20,22)(H,23,24). The van der Waals surface area contributed by atoms with E-state index in [4.69, 9.17) is 0 Å². The van der Waals surface area contributed by atoms with Crippen LogP contribution in [0.3, 0.4) is 0 Å². The fourth-order valence-corrected chi connectivity index (χ4v) is 2.60.